The fourth-order valence-electron chi connectivity index (χ4n) is 3.59. The molecule has 1 saturated heterocycles. The van der Waals surface area contributed by atoms with Crippen LogP contribution in [-0.2, 0) is 27.5 Å². The zero-order valence-electron chi connectivity index (χ0n) is 17.9. The van der Waals surface area contributed by atoms with E-state index in [-0.39, 0.29) is 24.9 Å². The molecule has 0 radical (unpaired) electrons. The van der Waals surface area contributed by atoms with Gasteiger partial charge in [-0.05, 0) is 48.7 Å². The summed E-state index contributed by atoms with van der Waals surface area (Å²) in [5.41, 5.74) is 0.995. The SMILES string of the molecule is CN(C)c1ccc(CNC(=O)C2CCN(S(=O)(=O)c3cccc(C(F)(F)F)c3)CC2)cc1. The maximum atomic E-state index is 12.9. The second-order valence-corrected chi connectivity index (χ2v) is 9.92. The smallest absolute Gasteiger partial charge is 0.378 e. The van der Waals surface area contributed by atoms with Gasteiger partial charge in [0.05, 0.1) is 10.5 Å². The van der Waals surface area contributed by atoms with Crippen molar-refractivity contribution in [3.05, 3.63) is 59.7 Å². The van der Waals surface area contributed by atoms with Crippen LogP contribution in [-0.4, -0.2) is 45.8 Å². The number of piperidine rings is 1. The Bertz CT molecular complexity index is 1050. The van der Waals surface area contributed by atoms with Crippen LogP contribution in [0.2, 0.25) is 0 Å². The molecule has 1 amide bonds. The van der Waals surface area contributed by atoms with Crippen LogP contribution in [0.5, 0.6) is 0 Å². The third kappa shape index (κ3) is 5.60. The Morgan fingerprint density at radius 2 is 1.72 bits per heavy atom. The number of rotatable bonds is 6. The van der Waals surface area contributed by atoms with Crippen LogP contribution in [0.25, 0.3) is 0 Å². The highest BCUT2D eigenvalue weighted by atomic mass is 32.2. The molecule has 1 aliphatic rings. The fourth-order valence-corrected chi connectivity index (χ4v) is 5.10. The fraction of sp³-hybridized carbons (Fsp3) is 0.409. The average molecular weight is 470 g/mol. The molecule has 3 rings (SSSR count). The van der Waals surface area contributed by atoms with E-state index in [1.165, 1.54) is 0 Å². The number of nitrogens with zero attached hydrogens (tertiary/aromatic N) is 2. The van der Waals surface area contributed by atoms with E-state index in [1.54, 1.807) is 0 Å². The molecule has 6 nitrogen and oxygen atoms in total. The topological polar surface area (TPSA) is 69.7 Å². The van der Waals surface area contributed by atoms with E-state index in [0.29, 0.717) is 25.5 Å². The molecule has 1 fully saturated rings. The van der Waals surface area contributed by atoms with Gasteiger partial charge in [0.1, 0.15) is 0 Å². The first kappa shape index (κ1) is 24.1. The number of carbonyl (C=O) groups is 1. The molecule has 0 spiro atoms. The van der Waals surface area contributed by atoms with Crippen LogP contribution in [0.15, 0.2) is 53.4 Å². The van der Waals surface area contributed by atoms with E-state index in [9.17, 15) is 26.4 Å². The van der Waals surface area contributed by atoms with Gasteiger partial charge in [0.2, 0.25) is 15.9 Å². The average Bonchev–Trinajstić information content (AvgIpc) is 2.77. The summed E-state index contributed by atoms with van der Waals surface area (Å²) in [6.07, 6.45) is -4.00. The molecule has 0 saturated carbocycles. The van der Waals surface area contributed by atoms with Crippen molar-refractivity contribution in [2.45, 2.75) is 30.5 Å². The van der Waals surface area contributed by atoms with Gasteiger partial charge in [0.25, 0.3) is 0 Å². The first-order valence-electron chi connectivity index (χ1n) is 10.2. The molecule has 0 unspecified atom stereocenters. The van der Waals surface area contributed by atoms with Crippen molar-refractivity contribution in [3.63, 3.8) is 0 Å². The number of nitrogens with one attached hydrogen (secondary N) is 1. The van der Waals surface area contributed by atoms with Crippen LogP contribution in [0.3, 0.4) is 0 Å². The molecule has 1 N–H and O–H groups in total. The van der Waals surface area contributed by atoms with Crippen molar-refractivity contribution in [2.75, 3.05) is 32.1 Å². The van der Waals surface area contributed by atoms with Crippen molar-refractivity contribution in [3.8, 4) is 0 Å². The lowest BCUT2D eigenvalue weighted by molar-refractivity contribution is -0.137. The number of amides is 1. The first-order valence-corrected chi connectivity index (χ1v) is 11.6. The second kappa shape index (κ2) is 9.50. The van der Waals surface area contributed by atoms with Crippen molar-refractivity contribution < 1.29 is 26.4 Å². The third-order valence-corrected chi connectivity index (χ3v) is 7.44. The summed E-state index contributed by atoms with van der Waals surface area (Å²) >= 11 is 0. The highest BCUT2D eigenvalue weighted by molar-refractivity contribution is 7.89. The van der Waals surface area contributed by atoms with Gasteiger partial charge in [-0.2, -0.15) is 17.5 Å². The van der Waals surface area contributed by atoms with E-state index >= 15 is 0 Å². The largest absolute Gasteiger partial charge is 0.416 e. The molecule has 32 heavy (non-hydrogen) atoms. The van der Waals surface area contributed by atoms with Crippen molar-refractivity contribution >= 4 is 21.6 Å². The highest BCUT2D eigenvalue weighted by Gasteiger charge is 2.35. The van der Waals surface area contributed by atoms with E-state index in [4.69, 9.17) is 0 Å². The molecule has 2 aromatic carbocycles. The molecule has 0 atom stereocenters. The van der Waals surface area contributed by atoms with Gasteiger partial charge in [0.15, 0.2) is 0 Å². The third-order valence-electron chi connectivity index (χ3n) is 5.54. The molecular formula is C22H26F3N3O3S. The van der Waals surface area contributed by atoms with Gasteiger partial charge in [-0.3, -0.25) is 4.79 Å². The monoisotopic (exact) mass is 469 g/mol. The standard InChI is InChI=1S/C22H26F3N3O3S/c1-27(2)19-8-6-16(7-9-19)15-26-21(29)17-10-12-28(13-11-17)32(30,31)20-5-3-4-18(14-20)22(23,24)25/h3-9,14,17H,10-13,15H2,1-2H3,(H,26,29). The van der Waals surface area contributed by atoms with Crippen LogP contribution >= 0.6 is 0 Å². The summed E-state index contributed by atoms with van der Waals surface area (Å²) in [4.78, 5) is 14.1. The Balaban J connectivity index is 1.56. The van der Waals surface area contributed by atoms with Gasteiger partial charge in [-0.25, -0.2) is 8.42 Å². The molecule has 10 heteroatoms. The number of halogens is 3. The summed E-state index contributed by atoms with van der Waals surface area (Å²) in [5, 5.41) is 2.88. The molecule has 0 aromatic heterocycles. The predicted molar refractivity (Wildman–Crippen MR) is 116 cm³/mol. The van der Waals surface area contributed by atoms with E-state index < -0.39 is 26.7 Å². The molecule has 0 aliphatic carbocycles. The van der Waals surface area contributed by atoms with Crippen LogP contribution < -0.4 is 10.2 Å². The summed E-state index contributed by atoms with van der Waals surface area (Å²) < 4.78 is 65.5. The van der Waals surface area contributed by atoms with Crippen LogP contribution in [0, 0.1) is 5.92 Å². The quantitative estimate of drug-likeness (QED) is 0.703. The van der Waals surface area contributed by atoms with Crippen molar-refractivity contribution in [1.82, 2.24) is 9.62 Å². The van der Waals surface area contributed by atoms with Crippen LogP contribution in [0.4, 0.5) is 18.9 Å². The van der Waals surface area contributed by atoms with Gasteiger partial charge in [-0.15, -0.1) is 0 Å². The maximum absolute atomic E-state index is 12.9. The lowest BCUT2D eigenvalue weighted by atomic mass is 9.97. The zero-order valence-corrected chi connectivity index (χ0v) is 18.7. The van der Waals surface area contributed by atoms with Gasteiger partial charge < -0.3 is 10.2 Å². The second-order valence-electron chi connectivity index (χ2n) is 7.98. The van der Waals surface area contributed by atoms with Gasteiger partial charge in [0, 0.05) is 45.3 Å². The van der Waals surface area contributed by atoms with E-state index in [0.717, 1.165) is 33.8 Å². The number of benzene rings is 2. The Hall–Kier alpha value is -2.59. The molecular weight excluding hydrogens is 443 g/mol. The minimum atomic E-state index is -4.62. The molecule has 2 aromatic rings. The minimum Gasteiger partial charge on any atom is -0.378 e. The normalized spacial score (nSPS) is 16.0. The van der Waals surface area contributed by atoms with Crippen molar-refractivity contribution in [2.24, 2.45) is 5.92 Å². The van der Waals surface area contributed by atoms with E-state index in [2.05, 4.69) is 5.32 Å². The summed E-state index contributed by atoms with van der Waals surface area (Å²) in [7, 11) is -0.181. The predicted octanol–water partition coefficient (Wildman–Crippen LogP) is 3.49. The molecule has 1 aliphatic heterocycles. The molecule has 1 heterocycles. The number of hydrogen-bond donors (Lipinski definition) is 1. The number of hydrogen-bond acceptors (Lipinski definition) is 4. The van der Waals surface area contributed by atoms with Gasteiger partial charge in [-0.1, -0.05) is 18.2 Å². The molecule has 174 valence electrons. The molecule has 0 bridgehead atoms. The first-order chi connectivity index (χ1) is 15.0. The lowest BCUT2D eigenvalue weighted by Gasteiger charge is -2.30. The van der Waals surface area contributed by atoms with E-state index in [1.807, 2.05) is 43.3 Å². The van der Waals surface area contributed by atoms with Crippen LogP contribution in [0.1, 0.15) is 24.0 Å². The Morgan fingerprint density at radius 3 is 2.28 bits per heavy atom. The number of alkyl halides is 3. The number of carbonyl (C=O) groups excluding carboxylic acids is 1. The number of sulfonamides is 1. The zero-order chi connectivity index (χ0) is 23.5. The maximum Gasteiger partial charge on any atom is 0.416 e. The Labute approximate surface area is 186 Å². The van der Waals surface area contributed by atoms with Gasteiger partial charge >= 0.3 is 6.18 Å². The highest BCUT2D eigenvalue weighted by Crippen LogP contribution is 2.32. The Kier molecular flexibility index (Phi) is 7.14. The minimum absolute atomic E-state index is 0.0776. The summed E-state index contributed by atoms with van der Waals surface area (Å²) in [6.45, 7) is 0.525. The summed E-state index contributed by atoms with van der Waals surface area (Å²) in [5.74, 6) is -0.498. The number of anilines is 1. The van der Waals surface area contributed by atoms with Crippen molar-refractivity contribution in [1.29, 1.82) is 0 Å². The lowest BCUT2D eigenvalue weighted by Crippen LogP contribution is -2.42. The Morgan fingerprint density at radius 1 is 1.09 bits per heavy atom. The summed E-state index contributed by atoms with van der Waals surface area (Å²) in [6, 6.07) is 11.5.